The summed E-state index contributed by atoms with van der Waals surface area (Å²) in [5.41, 5.74) is 4.24. The number of aryl methyl sites for hydroxylation is 3. The summed E-state index contributed by atoms with van der Waals surface area (Å²) >= 11 is 11.7. The lowest BCUT2D eigenvalue weighted by Crippen LogP contribution is -2.01. The highest BCUT2D eigenvalue weighted by atomic mass is 35.5. The van der Waals surface area contributed by atoms with Crippen LogP contribution in [0.15, 0.2) is 35.4 Å². The molecule has 1 unspecified atom stereocenters. The van der Waals surface area contributed by atoms with E-state index in [1.807, 2.05) is 13.0 Å². The minimum absolute atomic E-state index is 0.0977. The zero-order valence-corrected chi connectivity index (χ0v) is 13.4. The molecule has 0 saturated heterocycles. The van der Waals surface area contributed by atoms with E-state index in [9.17, 15) is 0 Å². The van der Waals surface area contributed by atoms with Crippen LogP contribution in [0.4, 0.5) is 0 Å². The fourth-order valence-electron chi connectivity index (χ4n) is 1.99. The zero-order chi connectivity index (χ0) is 14.4. The van der Waals surface area contributed by atoms with Crippen LogP contribution < -0.4 is 0 Å². The monoisotopic (exact) mass is 327 g/mol. The number of amidine groups is 2. The van der Waals surface area contributed by atoms with Crippen LogP contribution in [-0.4, -0.2) is 10.6 Å². The summed E-state index contributed by atoms with van der Waals surface area (Å²) in [6.07, 6.45) is 0. The molecule has 1 aliphatic heterocycles. The predicted molar refractivity (Wildman–Crippen MR) is 85.1 cm³/mol. The van der Waals surface area contributed by atoms with Crippen LogP contribution in [0.3, 0.4) is 0 Å². The summed E-state index contributed by atoms with van der Waals surface area (Å²) in [4.78, 5) is 3.77. The molecule has 0 radical (unpaired) electrons. The number of nitrogens with zero attached hydrogens (tertiary/aromatic N) is 3. The number of hydrogen-bond donors (Lipinski definition) is 0. The maximum atomic E-state index is 5.91. The second kappa shape index (κ2) is 4.98. The molecule has 0 spiro atoms. The molecule has 4 nitrogen and oxygen atoms in total. The summed E-state index contributed by atoms with van der Waals surface area (Å²) in [7, 11) is -0.874. The summed E-state index contributed by atoms with van der Waals surface area (Å²) in [6.45, 7) is 6.12. The van der Waals surface area contributed by atoms with E-state index in [-0.39, 0.29) is 10.6 Å². The lowest BCUT2D eigenvalue weighted by Gasteiger charge is -2.03. The number of rotatable bonds is 1. The number of halogens is 2. The SMILES string of the molecule is Cc1cc2oc(S3=NC(Cl)=NC(Cl)=N3)c(C)c2cc1C. The Morgan fingerprint density at radius 1 is 1.05 bits per heavy atom. The highest BCUT2D eigenvalue weighted by Gasteiger charge is 2.18. The molecule has 2 aromatic rings. The first-order valence-electron chi connectivity index (χ1n) is 5.90. The second-order valence-electron chi connectivity index (χ2n) is 4.54. The lowest BCUT2D eigenvalue weighted by molar-refractivity contribution is 0.508. The van der Waals surface area contributed by atoms with E-state index in [4.69, 9.17) is 27.6 Å². The Hall–Kier alpha value is -1.17. The fraction of sp³-hybridized carbons (Fsp3) is 0.231. The Morgan fingerprint density at radius 3 is 2.45 bits per heavy atom. The van der Waals surface area contributed by atoms with Gasteiger partial charge in [-0.3, -0.25) is 0 Å². The second-order valence-corrected chi connectivity index (χ2v) is 6.48. The molecule has 0 saturated carbocycles. The van der Waals surface area contributed by atoms with Crippen molar-refractivity contribution in [2.75, 3.05) is 0 Å². The van der Waals surface area contributed by atoms with E-state index >= 15 is 0 Å². The first kappa shape index (κ1) is 13.8. The van der Waals surface area contributed by atoms with Crippen LogP contribution in [0.5, 0.6) is 0 Å². The van der Waals surface area contributed by atoms with Crippen LogP contribution >= 0.6 is 23.2 Å². The molecule has 7 heteroatoms. The van der Waals surface area contributed by atoms with Gasteiger partial charge in [0.1, 0.15) is 5.58 Å². The van der Waals surface area contributed by atoms with Gasteiger partial charge in [-0.25, -0.2) is 0 Å². The summed E-state index contributed by atoms with van der Waals surface area (Å²) in [5, 5.41) is 1.94. The molecule has 0 fully saturated rings. The van der Waals surface area contributed by atoms with Gasteiger partial charge in [-0.2, -0.15) is 13.8 Å². The zero-order valence-electron chi connectivity index (χ0n) is 11.1. The van der Waals surface area contributed by atoms with E-state index in [2.05, 4.69) is 33.7 Å². The molecule has 1 aliphatic rings. The molecule has 2 heterocycles. The van der Waals surface area contributed by atoms with Crippen molar-refractivity contribution in [3.05, 3.63) is 28.8 Å². The van der Waals surface area contributed by atoms with Crippen molar-refractivity contribution < 1.29 is 4.42 Å². The van der Waals surface area contributed by atoms with Crippen molar-refractivity contribution >= 4 is 55.6 Å². The van der Waals surface area contributed by atoms with Crippen molar-refractivity contribution in [3.63, 3.8) is 0 Å². The van der Waals surface area contributed by atoms with E-state index in [0.29, 0.717) is 5.09 Å². The molecule has 1 atom stereocenters. The fourth-order valence-corrected chi connectivity index (χ4v) is 3.71. The standard InChI is InChI=1S/C13H11Cl2N3OS/c1-6-4-9-8(3)11(19-10(9)5-7(6)2)20-17-12(14)16-13(15)18-20/h4-5H,1-3H3. The van der Waals surface area contributed by atoms with E-state index in [1.165, 1.54) is 11.1 Å². The largest absolute Gasteiger partial charge is 0.447 e. The molecule has 0 bridgehead atoms. The van der Waals surface area contributed by atoms with E-state index < -0.39 is 10.9 Å². The van der Waals surface area contributed by atoms with Crippen molar-refractivity contribution in [3.8, 4) is 0 Å². The van der Waals surface area contributed by atoms with Crippen LogP contribution in [0.25, 0.3) is 11.0 Å². The van der Waals surface area contributed by atoms with Gasteiger partial charge in [-0.05, 0) is 67.2 Å². The molecular weight excluding hydrogens is 317 g/mol. The predicted octanol–water partition coefficient (Wildman–Crippen LogP) is 4.64. The van der Waals surface area contributed by atoms with Gasteiger partial charge in [-0.15, -0.1) is 0 Å². The highest BCUT2D eigenvalue weighted by molar-refractivity contribution is 7.86. The molecule has 1 aromatic carbocycles. The third kappa shape index (κ3) is 2.30. The first-order chi connectivity index (χ1) is 9.45. The van der Waals surface area contributed by atoms with E-state index in [1.54, 1.807) is 0 Å². The maximum absolute atomic E-state index is 5.91. The van der Waals surface area contributed by atoms with Crippen molar-refractivity contribution in [1.29, 1.82) is 0 Å². The number of fused-ring (bicyclic) bond motifs is 1. The Bertz CT molecular complexity index is 818. The van der Waals surface area contributed by atoms with Crippen LogP contribution in [0, 0.1) is 20.8 Å². The van der Waals surface area contributed by atoms with Gasteiger partial charge in [0.05, 0.1) is 10.9 Å². The minimum Gasteiger partial charge on any atom is -0.447 e. The summed E-state index contributed by atoms with van der Waals surface area (Å²) in [6, 6.07) is 4.14. The Balaban J connectivity index is 2.24. The number of benzene rings is 1. The van der Waals surface area contributed by atoms with Crippen molar-refractivity contribution in [1.82, 2.24) is 0 Å². The average molecular weight is 328 g/mol. The van der Waals surface area contributed by atoms with Gasteiger partial charge < -0.3 is 4.42 Å². The molecule has 1 aromatic heterocycles. The summed E-state index contributed by atoms with van der Waals surface area (Å²) in [5.74, 6) is 0. The molecular formula is C13H11Cl2N3OS. The van der Waals surface area contributed by atoms with Gasteiger partial charge in [0.25, 0.3) is 0 Å². The smallest absolute Gasteiger partial charge is 0.233 e. The molecule has 20 heavy (non-hydrogen) atoms. The molecule has 104 valence electrons. The van der Waals surface area contributed by atoms with Gasteiger partial charge >= 0.3 is 0 Å². The quantitative estimate of drug-likeness (QED) is 0.704. The molecule has 3 rings (SSSR count). The molecule has 0 amide bonds. The van der Waals surface area contributed by atoms with Crippen molar-refractivity contribution in [2.45, 2.75) is 25.9 Å². The molecule has 0 N–H and O–H groups in total. The average Bonchev–Trinajstić information content (AvgIpc) is 2.66. The van der Waals surface area contributed by atoms with Gasteiger partial charge in [0.15, 0.2) is 5.09 Å². The first-order valence-corrected chi connectivity index (χ1v) is 7.80. The van der Waals surface area contributed by atoms with Gasteiger partial charge in [0, 0.05) is 10.9 Å². The Morgan fingerprint density at radius 2 is 1.75 bits per heavy atom. The van der Waals surface area contributed by atoms with Crippen LogP contribution in [0.2, 0.25) is 0 Å². The topological polar surface area (TPSA) is 50.2 Å². The maximum Gasteiger partial charge on any atom is 0.233 e. The minimum atomic E-state index is -0.874. The molecule has 0 aliphatic carbocycles. The Labute approximate surface area is 128 Å². The normalized spacial score (nSPS) is 18.8. The third-order valence-electron chi connectivity index (χ3n) is 3.18. The van der Waals surface area contributed by atoms with Crippen LogP contribution in [0.1, 0.15) is 16.7 Å². The van der Waals surface area contributed by atoms with Gasteiger partial charge in [0.2, 0.25) is 10.6 Å². The highest BCUT2D eigenvalue weighted by Crippen LogP contribution is 2.31. The number of hydrogen-bond acceptors (Lipinski definition) is 4. The number of furan rings is 1. The van der Waals surface area contributed by atoms with Crippen LogP contribution in [-0.2, 0) is 10.9 Å². The Kier molecular flexibility index (Phi) is 3.44. The van der Waals surface area contributed by atoms with Crippen molar-refractivity contribution in [2.24, 2.45) is 13.8 Å². The van der Waals surface area contributed by atoms with Gasteiger partial charge in [-0.1, -0.05) is 0 Å². The third-order valence-corrected chi connectivity index (χ3v) is 5.13. The van der Waals surface area contributed by atoms with E-state index in [0.717, 1.165) is 16.5 Å². The summed E-state index contributed by atoms with van der Waals surface area (Å²) < 4.78 is 14.3. The lowest BCUT2D eigenvalue weighted by atomic mass is 10.1. The number of aliphatic imine (C=N–C) groups is 1.